The monoisotopic (exact) mass is 347 g/mol. The summed E-state index contributed by atoms with van der Waals surface area (Å²) >= 11 is 0. The third-order valence-corrected chi connectivity index (χ3v) is 5.59. The van der Waals surface area contributed by atoms with E-state index in [1.165, 1.54) is 32.1 Å². The number of rotatable bonds is 5. The second-order valence-electron chi connectivity index (χ2n) is 7.51. The number of nitrogens with zero attached hydrogens (tertiary/aromatic N) is 2. The molecule has 0 atom stereocenters. The van der Waals surface area contributed by atoms with E-state index in [0.29, 0.717) is 31.1 Å². The zero-order valence-electron chi connectivity index (χ0n) is 15.1. The average Bonchev–Trinajstić information content (AvgIpc) is 3.05. The van der Waals surface area contributed by atoms with Gasteiger partial charge in [0.05, 0.1) is 0 Å². The molecule has 0 aromatic carbocycles. The van der Waals surface area contributed by atoms with E-state index in [1.807, 2.05) is 4.90 Å². The van der Waals surface area contributed by atoms with Gasteiger partial charge in [0.1, 0.15) is 5.76 Å². The van der Waals surface area contributed by atoms with Gasteiger partial charge in [-0.15, -0.1) is 0 Å². The van der Waals surface area contributed by atoms with Gasteiger partial charge in [-0.1, -0.05) is 37.3 Å². The van der Waals surface area contributed by atoms with Gasteiger partial charge in [-0.2, -0.15) is 0 Å². The number of carbonyl (C=O) groups is 2. The summed E-state index contributed by atoms with van der Waals surface area (Å²) in [5.74, 6) is 2.06. The molecule has 138 valence electrons. The number of piperidine rings is 1. The lowest BCUT2D eigenvalue weighted by Gasteiger charge is -2.32. The van der Waals surface area contributed by atoms with Crippen molar-refractivity contribution in [1.82, 2.24) is 10.1 Å². The van der Waals surface area contributed by atoms with E-state index in [9.17, 15) is 9.59 Å². The Labute approximate surface area is 149 Å². The van der Waals surface area contributed by atoms with E-state index in [1.54, 1.807) is 13.0 Å². The van der Waals surface area contributed by atoms with Crippen molar-refractivity contribution in [3.8, 4) is 0 Å². The third-order valence-electron chi connectivity index (χ3n) is 5.59. The van der Waals surface area contributed by atoms with Crippen LogP contribution in [0, 0.1) is 18.8 Å². The fourth-order valence-electron chi connectivity index (χ4n) is 4.01. The summed E-state index contributed by atoms with van der Waals surface area (Å²) in [6, 6.07) is 1.71. The number of aryl methyl sites for hydroxylation is 1. The molecule has 0 spiro atoms. The highest BCUT2D eigenvalue weighted by atomic mass is 16.5. The first-order valence-corrected chi connectivity index (χ1v) is 9.64. The lowest BCUT2D eigenvalue weighted by atomic mass is 9.86. The number of nitrogens with one attached hydrogen (secondary N) is 1. The standard InChI is InChI=1S/C19H29N3O3/c1-14-13-17(21-25-14)20-19(24)16-9-11-22(12-10-16)18(23)8-7-15-5-3-2-4-6-15/h13,15-16H,2-12H2,1H3,(H,20,21,24). The number of anilines is 1. The molecule has 1 aromatic heterocycles. The van der Waals surface area contributed by atoms with Gasteiger partial charge in [0, 0.05) is 31.5 Å². The van der Waals surface area contributed by atoms with Crippen LogP contribution >= 0.6 is 0 Å². The largest absolute Gasteiger partial charge is 0.360 e. The van der Waals surface area contributed by atoms with Gasteiger partial charge in [0.25, 0.3) is 0 Å². The van der Waals surface area contributed by atoms with Crippen LogP contribution in [0.4, 0.5) is 5.82 Å². The second-order valence-corrected chi connectivity index (χ2v) is 7.51. The molecule has 2 aliphatic rings. The van der Waals surface area contributed by atoms with Gasteiger partial charge in [-0.3, -0.25) is 9.59 Å². The maximum atomic E-state index is 12.4. The zero-order valence-corrected chi connectivity index (χ0v) is 15.1. The SMILES string of the molecule is Cc1cc(NC(=O)C2CCN(C(=O)CCC3CCCCC3)CC2)no1. The molecule has 0 unspecified atom stereocenters. The summed E-state index contributed by atoms with van der Waals surface area (Å²) in [5, 5.41) is 6.59. The molecule has 3 rings (SSSR count). The van der Waals surface area contributed by atoms with Crippen LogP contribution in [0.1, 0.15) is 63.5 Å². The summed E-state index contributed by atoms with van der Waals surface area (Å²) in [5.41, 5.74) is 0. The van der Waals surface area contributed by atoms with E-state index in [-0.39, 0.29) is 17.7 Å². The number of hydrogen-bond donors (Lipinski definition) is 1. The van der Waals surface area contributed by atoms with E-state index in [4.69, 9.17) is 4.52 Å². The molecule has 0 bridgehead atoms. The van der Waals surface area contributed by atoms with Crippen LogP contribution in [0.2, 0.25) is 0 Å². The molecule has 0 radical (unpaired) electrons. The maximum Gasteiger partial charge on any atom is 0.228 e. The molecular weight excluding hydrogens is 318 g/mol. The van der Waals surface area contributed by atoms with Crippen LogP contribution < -0.4 is 5.32 Å². The van der Waals surface area contributed by atoms with Gasteiger partial charge in [0.15, 0.2) is 5.82 Å². The molecule has 6 nitrogen and oxygen atoms in total. The Kier molecular flexibility index (Phi) is 6.10. The first-order valence-electron chi connectivity index (χ1n) is 9.64. The summed E-state index contributed by atoms with van der Waals surface area (Å²) in [7, 11) is 0. The average molecular weight is 347 g/mol. The van der Waals surface area contributed by atoms with Crippen molar-refractivity contribution < 1.29 is 14.1 Å². The minimum absolute atomic E-state index is 0.0254. The van der Waals surface area contributed by atoms with Crippen LogP contribution in [0.3, 0.4) is 0 Å². The van der Waals surface area contributed by atoms with Gasteiger partial charge < -0.3 is 14.7 Å². The first-order chi connectivity index (χ1) is 12.1. The van der Waals surface area contributed by atoms with E-state index < -0.39 is 0 Å². The molecule has 1 aliphatic heterocycles. The van der Waals surface area contributed by atoms with E-state index in [0.717, 1.165) is 25.2 Å². The molecule has 25 heavy (non-hydrogen) atoms. The van der Waals surface area contributed by atoms with E-state index in [2.05, 4.69) is 10.5 Å². The van der Waals surface area contributed by atoms with Crippen LogP contribution in [0.15, 0.2) is 10.6 Å². The Hall–Kier alpha value is -1.85. The van der Waals surface area contributed by atoms with Gasteiger partial charge in [-0.25, -0.2) is 0 Å². The fourth-order valence-corrected chi connectivity index (χ4v) is 4.01. The maximum absolute atomic E-state index is 12.4. The van der Waals surface area contributed by atoms with Crippen molar-refractivity contribution in [3.05, 3.63) is 11.8 Å². The van der Waals surface area contributed by atoms with E-state index >= 15 is 0 Å². The molecule has 1 N–H and O–H groups in total. The highest BCUT2D eigenvalue weighted by molar-refractivity contribution is 5.91. The topological polar surface area (TPSA) is 75.4 Å². The van der Waals surface area contributed by atoms with Crippen LogP contribution in [-0.2, 0) is 9.59 Å². The molecule has 1 saturated heterocycles. The van der Waals surface area contributed by atoms with Gasteiger partial charge >= 0.3 is 0 Å². The highest BCUT2D eigenvalue weighted by Crippen LogP contribution is 2.28. The minimum atomic E-state index is -0.0561. The normalized spacial score (nSPS) is 19.8. The highest BCUT2D eigenvalue weighted by Gasteiger charge is 2.28. The zero-order chi connectivity index (χ0) is 17.6. The molecule has 2 amide bonds. The molecule has 2 heterocycles. The quantitative estimate of drug-likeness (QED) is 0.884. The Morgan fingerprint density at radius 3 is 2.56 bits per heavy atom. The van der Waals surface area contributed by atoms with Crippen LogP contribution in [0.5, 0.6) is 0 Å². The molecule has 2 fully saturated rings. The van der Waals surface area contributed by atoms with Gasteiger partial charge in [-0.05, 0) is 32.1 Å². The molecule has 6 heteroatoms. The third kappa shape index (κ3) is 5.06. The Balaban J connectivity index is 1.38. The smallest absolute Gasteiger partial charge is 0.228 e. The van der Waals surface area contributed by atoms with Crippen molar-refractivity contribution in [2.24, 2.45) is 11.8 Å². The Morgan fingerprint density at radius 2 is 1.92 bits per heavy atom. The summed E-state index contributed by atoms with van der Waals surface area (Å²) in [6.45, 7) is 3.15. The lowest BCUT2D eigenvalue weighted by Crippen LogP contribution is -2.41. The Bertz CT molecular complexity index is 584. The van der Waals surface area contributed by atoms with Crippen molar-refractivity contribution in [1.29, 1.82) is 0 Å². The summed E-state index contributed by atoms with van der Waals surface area (Å²) in [6.07, 6.45) is 9.72. The van der Waals surface area contributed by atoms with Crippen molar-refractivity contribution in [2.45, 2.75) is 64.7 Å². The lowest BCUT2D eigenvalue weighted by molar-refractivity contribution is -0.134. The number of amides is 2. The van der Waals surface area contributed by atoms with Crippen molar-refractivity contribution in [3.63, 3.8) is 0 Å². The van der Waals surface area contributed by atoms with Crippen LogP contribution in [-0.4, -0.2) is 35.0 Å². The fraction of sp³-hybridized carbons (Fsp3) is 0.737. The van der Waals surface area contributed by atoms with Crippen molar-refractivity contribution in [2.75, 3.05) is 18.4 Å². The summed E-state index contributed by atoms with van der Waals surface area (Å²) < 4.78 is 4.96. The Morgan fingerprint density at radius 1 is 1.20 bits per heavy atom. The first kappa shape index (κ1) is 18.0. The number of aromatic nitrogens is 1. The van der Waals surface area contributed by atoms with Crippen molar-refractivity contribution >= 4 is 17.6 Å². The van der Waals surface area contributed by atoms with Crippen LogP contribution in [0.25, 0.3) is 0 Å². The molecule has 1 saturated carbocycles. The second kappa shape index (κ2) is 8.50. The molecular formula is C19H29N3O3. The minimum Gasteiger partial charge on any atom is -0.360 e. The molecule has 1 aliphatic carbocycles. The predicted molar refractivity (Wildman–Crippen MR) is 95.0 cm³/mol. The predicted octanol–water partition coefficient (Wildman–Crippen LogP) is 3.52. The number of hydrogen-bond acceptors (Lipinski definition) is 4. The molecule has 1 aromatic rings. The number of carbonyl (C=O) groups excluding carboxylic acids is 2. The van der Waals surface area contributed by atoms with Gasteiger partial charge in [0.2, 0.25) is 11.8 Å². The summed E-state index contributed by atoms with van der Waals surface area (Å²) in [4.78, 5) is 26.6. The number of likely N-dealkylation sites (tertiary alicyclic amines) is 1.